The molecule has 4 rings (SSSR count). The number of Topliss-reactive ketones (excluding diaryl/α,β-unsaturated/α-hetero) is 1. The first-order valence-electron chi connectivity index (χ1n) is 13.7. The van der Waals surface area contributed by atoms with Crippen LogP contribution in [-0.4, -0.2) is 27.7 Å². The van der Waals surface area contributed by atoms with E-state index in [0.717, 1.165) is 25.7 Å². The molecule has 0 radical (unpaired) electrons. The molecule has 4 aliphatic rings. The first-order valence-corrected chi connectivity index (χ1v) is 13.7. The van der Waals surface area contributed by atoms with Gasteiger partial charge in [0, 0.05) is 11.8 Å². The topological polar surface area (TPSA) is 57.5 Å². The van der Waals surface area contributed by atoms with E-state index < -0.39 is 11.7 Å². The third-order valence-electron chi connectivity index (χ3n) is 12.0. The average Bonchev–Trinajstić information content (AvgIpc) is 3.00. The van der Waals surface area contributed by atoms with Crippen molar-refractivity contribution in [2.75, 3.05) is 0 Å². The monoisotopic (exact) mass is 458 g/mol. The number of allylic oxidation sites excluding steroid dienone is 2. The molecule has 3 fully saturated rings. The van der Waals surface area contributed by atoms with Crippen molar-refractivity contribution in [3.63, 3.8) is 0 Å². The molecule has 3 saturated carbocycles. The second kappa shape index (κ2) is 7.92. The normalized spacial score (nSPS) is 44.4. The molecular weight excluding hydrogens is 408 g/mol. The number of carbonyl (C=O) groups is 1. The molecule has 2 unspecified atom stereocenters. The van der Waals surface area contributed by atoms with Gasteiger partial charge in [0.1, 0.15) is 5.78 Å². The Morgan fingerprint density at radius 2 is 1.70 bits per heavy atom. The third kappa shape index (κ3) is 3.62. The standard InChI is InChI=1S/C30H50O3/c1-19(9-12-25(32)27(4,5)33)20-13-17-30(8)22-10-11-23-26(2,3)24(31)15-16-28(23,6)21(22)14-18-29(20,30)7/h14,19-20,22-23,25,32-33H,9-13,15-18H2,1-8H3/t19?,20-,22-,23?,25+,28-,29-,30+/m1/s1. The van der Waals surface area contributed by atoms with Gasteiger partial charge < -0.3 is 10.2 Å². The lowest BCUT2D eigenvalue weighted by atomic mass is 9.41. The predicted octanol–water partition coefficient (Wildman–Crippen LogP) is 6.71. The molecule has 0 saturated heterocycles. The number of fused-ring (bicyclic) bond motifs is 5. The Balaban J connectivity index is 1.59. The summed E-state index contributed by atoms with van der Waals surface area (Å²) in [4.78, 5) is 12.8. The van der Waals surface area contributed by atoms with E-state index in [1.807, 2.05) is 0 Å². The van der Waals surface area contributed by atoms with Crippen LogP contribution in [0.3, 0.4) is 0 Å². The van der Waals surface area contributed by atoms with E-state index in [2.05, 4.69) is 47.6 Å². The fourth-order valence-corrected chi connectivity index (χ4v) is 9.46. The second-order valence-corrected chi connectivity index (χ2v) is 14.3. The summed E-state index contributed by atoms with van der Waals surface area (Å²) >= 11 is 0. The lowest BCUT2D eigenvalue weighted by molar-refractivity contribution is -0.142. The minimum atomic E-state index is -1.03. The Bertz CT molecular complexity index is 819. The van der Waals surface area contributed by atoms with Crippen LogP contribution >= 0.6 is 0 Å². The summed E-state index contributed by atoms with van der Waals surface area (Å²) in [5, 5.41) is 20.6. The van der Waals surface area contributed by atoms with Crippen molar-refractivity contribution in [3.8, 4) is 0 Å². The zero-order valence-corrected chi connectivity index (χ0v) is 22.6. The van der Waals surface area contributed by atoms with Crippen LogP contribution in [0, 0.1) is 45.3 Å². The van der Waals surface area contributed by atoms with Crippen LogP contribution in [0.5, 0.6) is 0 Å². The first-order chi connectivity index (χ1) is 15.1. The molecule has 3 heteroatoms. The molecule has 0 amide bonds. The van der Waals surface area contributed by atoms with Crippen molar-refractivity contribution in [2.24, 2.45) is 45.3 Å². The molecule has 0 spiro atoms. The van der Waals surface area contributed by atoms with Crippen molar-refractivity contribution in [1.29, 1.82) is 0 Å². The zero-order chi connectivity index (χ0) is 24.6. The van der Waals surface area contributed by atoms with Gasteiger partial charge in [0.05, 0.1) is 11.7 Å². The number of hydrogen-bond donors (Lipinski definition) is 2. The van der Waals surface area contributed by atoms with E-state index in [1.54, 1.807) is 19.4 Å². The Hall–Kier alpha value is -0.670. The summed E-state index contributed by atoms with van der Waals surface area (Å²) in [6.07, 6.45) is 11.5. The number of rotatable bonds is 5. The molecule has 188 valence electrons. The molecule has 2 N–H and O–H groups in total. The smallest absolute Gasteiger partial charge is 0.138 e. The first kappa shape index (κ1) is 25.4. The molecule has 0 aromatic heterocycles. The Kier molecular flexibility index (Phi) is 6.10. The highest BCUT2D eigenvalue weighted by atomic mass is 16.3. The van der Waals surface area contributed by atoms with Crippen molar-refractivity contribution in [1.82, 2.24) is 0 Å². The van der Waals surface area contributed by atoms with Crippen LogP contribution in [0.15, 0.2) is 11.6 Å². The molecule has 4 aliphatic carbocycles. The van der Waals surface area contributed by atoms with Crippen molar-refractivity contribution >= 4 is 5.78 Å². The second-order valence-electron chi connectivity index (χ2n) is 14.3. The van der Waals surface area contributed by atoms with Crippen LogP contribution in [0.4, 0.5) is 0 Å². The number of ketones is 1. The van der Waals surface area contributed by atoms with Crippen LogP contribution < -0.4 is 0 Å². The quantitative estimate of drug-likeness (QED) is 0.450. The zero-order valence-electron chi connectivity index (χ0n) is 22.6. The lowest BCUT2D eigenvalue weighted by Gasteiger charge is -2.63. The van der Waals surface area contributed by atoms with E-state index in [4.69, 9.17) is 0 Å². The molecule has 0 aromatic carbocycles. The number of aliphatic hydroxyl groups is 2. The van der Waals surface area contributed by atoms with E-state index in [0.29, 0.717) is 41.3 Å². The highest BCUT2D eigenvalue weighted by molar-refractivity contribution is 5.85. The van der Waals surface area contributed by atoms with Crippen molar-refractivity contribution in [3.05, 3.63) is 11.6 Å². The number of aliphatic hydroxyl groups excluding tert-OH is 1. The van der Waals surface area contributed by atoms with Gasteiger partial charge in [-0.2, -0.15) is 0 Å². The van der Waals surface area contributed by atoms with Gasteiger partial charge in [-0.25, -0.2) is 0 Å². The largest absolute Gasteiger partial charge is 0.390 e. The van der Waals surface area contributed by atoms with Crippen molar-refractivity contribution < 1.29 is 15.0 Å². The summed E-state index contributed by atoms with van der Waals surface area (Å²) in [6, 6.07) is 0. The Labute approximate surface area is 202 Å². The summed E-state index contributed by atoms with van der Waals surface area (Å²) < 4.78 is 0. The minimum absolute atomic E-state index is 0.172. The Morgan fingerprint density at radius 3 is 2.33 bits per heavy atom. The van der Waals surface area contributed by atoms with Crippen LogP contribution in [0.1, 0.15) is 113 Å². The Morgan fingerprint density at radius 1 is 1.03 bits per heavy atom. The molecule has 0 aromatic rings. The van der Waals surface area contributed by atoms with Gasteiger partial charge in [0.15, 0.2) is 0 Å². The molecule has 3 nitrogen and oxygen atoms in total. The van der Waals surface area contributed by atoms with Crippen molar-refractivity contribution in [2.45, 2.75) is 125 Å². The molecule has 0 heterocycles. The van der Waals surface area contributed by atoms with Gasteiger partial charge in [-0.15, -0.1) is 0 Å². The summed E-state index contributed by atoms with van der Waals surface area (Å²) in [7, 11) is 0. The van der Waals surface area contributed by atoms with Crippen LogP contribution in [-0.2, 0) is 4.79 Å². The molecule has 0 aliphatic heterocycles. The van der Waals surface area contributed by atoms with E-state index >= 15 is 0 Å². The van der Waals surface area contributed by atoms with E-state index in [-0.39, 0.29) is 16.2 Å². The third-order valence-corrected chi connectivity index (χ3v) is 12.0. The highest BCUT2D eigenvalue weighted by Crippen LogP contribution is 2.72. The lowest BCUT2D eigenvalue weighted by Crippen LogP contribution is -2.56. The molecule has 33 heavy (non-hydrogen) atoms. The maximum atomic E-state index is 12.8. The fraction of sp³-hybridized carbons (Fsp3) is 0.900. The average molecular weight is 459 g/mol. The van der Waals surface area contributed by atoms with Gasteiger partial charge in [0.25, 0.3) is 0 Å². The highest BCUT2D eigenvalue weighted by Gasteiger charge is 2.65. The molecule has 0 bridgehead atoms. The fourth-order valence-electron chi connectivity index (χ4n) is 9.46. The van der Waals surface area contributed by atoms with Crippen LogP contribution in [0.2, 0.25) is 0 Å². The summed E-state index contributed by atoms with van der Waals surface area (Å²) in [6.45, 7) is 17.9. The van der Waals surface area contributed by atoms with Gasteiger partial charge in [-0.05, 0) is 105 Å². The summed E-state index contributed by atoms with van der Waals surface area (Å²) in [5.74, 6) is 2.78. The molecular formula is C30H50O3. The summed E-state index contributed by atoms with van der Waals surface area (Å²) in [5.41, 5.74) is 1.23. The van der Waals surface area contributed by atoms with Gasteiger partial charge in [-0.1, -0.05) is 53.2 Å². The number of carbonyl (C=O) groups excluding carboxylic acids is 1. The number of hydrogen-bond acceptors (Lipinski definition) is 3. The van der Waals surface area contributed by atoms with Gasteiger partial charge in [-0.3, -0.25) is 4.79 Å². The maximum Gasteiger partial charge on any atom is 0.138 e. The minimum Gasteiger partial charge on any atom is -0.390 e. The van der Waals surface area contributed by atoms with Crippen LogP contribution in [0.25, 0.3) is 0 Å². The molecule has 8 atom stereocenters. The van der Waals surface area contributed by atoms with Gasteiger partial charge >= 0.3 is 0 Å². The maximum absolute atomic E-state index is 12.8. The predicted molar refractivity (Wildman–Crippen MR) is 135 cm³/mol. The SMILES string of the molecule is CC(CC[C@H](O)C(C)(C)O)[C@H]1CC[C@@]2(C)[C@@H]3CCC4C(C)(C)C(=O)CC[C@]4(C)C3=CC[C@]12C. The van der Waals surface area contributed by atoms with E-state index in [9.17, 15) is 15.0 Å². The van der Waals surface area contributed by atoms with E-state index in [1.165, 1.54) is 25.7 Å². The van der Waals surface area contributed by atoms with Gasteiger partial charge in [0.2, 0.25) is 0 Å².